The smallest absolute Gasteiger partial charge is 0.224 e. The van der Waals surface area contributed by atoms with Gasteiger partial charge in [0.25, 0.3) is 0 Å². The largest absolute Gasteiger partial charge is 0.393 e. The molecule has 1 amide bonds. The summed E-state index contributed by atoms with van der Waals surface area (Å²) in [5, 5.41) is 9.81. The highest BCUT2D eigenvalue weighted by molar-refractivity contribution is 5.77. The molecule has 0 radical (unpaired) electrons. The number of carbonyl (C=O) groups is 1. The van der Waals surface area contributed by atoms with E-state index in [2.05, 4.69) is 0 Å². The lowest BCUT2D eigenvalue weighted by Crippen LogP contribution is -2.37. The minimum absolute atomic E-state index is 0.0483. The highest BCUT2D eigenvalue weighted by atomic mass is 16.3. The van der Waals surface area contributed by atoms with Crippen LogP contribution in [0.2, 0.25) is 0 Å². The Hall–Kier alpha value is -0.610. The molecule has 1 saturated carbocycles. The van der Waals surface area contributed by atoms with Crippen LogP contribution >= 0.6 is 0 Å². The van der Waals surface area contributed by atoms with E-state index in [4.69, 9.17) is 5.73 Å². The van der Waals surface area contributed by atoms with Crippen LogP contribution in [0, 0.1) is 17.8 Å². The summed E-state index contributed by atoms with van der Waals surface area (Å²) in [6.45, 7) is 5.64. The van der Waals surface area contributed by atoms with Crippen LogP contribution < -0.4 is 5.73 Å². The van der Waals surface area contributed by atoms with Gasteiger partial charge in [-0.05, 0) is 24.7 Å². The summed E-state index contributed by atoms with van der Waals surface area (Å²) in [6, 6.07) is -0.0483. The van der Waals surface area contributed by atoms with Crippen molar-refractivity contribution >= 4 is 5.91 Å². The van der Waals surface area contributed by atoms with E-state index >= 15 is 0 Å². The number of likely N-dealkylation sites (tertiary alicyclic amines) is 1. The molecule has 0 bridgehead atoms. The maximum atomic E-state index is 12.1. The fourth-order valence-corrected chi connectivity index (χ4v) is 3.01. The Kier molecular flexibility index (Phi) is 3.73. The van der Waals surface area contributed by atoms with Crippen molar-refractivity contribution in [2.24, 2.45) is 23.5 Å². The minimum atomic E-state index is -0.198. The van der Waals surface area contributed by atoms with Crippen molar-refractivity contribution in [1.82, 2.24) is 4.90 Å². The number of aliphatic hydroxyl groups is 1. The normalized spacial score (nSPS) is 34.2. The molecule has 2 aliphatic rings. The standard InChI is InChI=1S/C13H24N2O2/c1-8(2)11(14)5-13(17)15-6-9-3-4-12(16)10(9)7-15/h8-12,16H,3-7,14H2,1-2H3. The van der Waals surface area contributed by atoms with Crippen LogP contribution in [0.3, 0.4) is 0 Å². The Labute approximate surface area is 103 Å². The van der Waals surface area contributed by atoms with Crippen molar-refractivity contribution in [3.63, 3.8) is 0 Å². The van der Waals surface area contributed by atoms with Crippen molar-refractivity contribution in [2.75, 3.05) is 13.1 Å². The number of nitrogens with two attached hydrogens (primary N) is 1. The summed E-state index contributed by atoms with van der Waals surface area (Å²) in [7, 11) is 0. The summed E-state index contributed by atoms with van der Waals surface area (Å²) in [5.74, 6) is 1.33. The van der Waals surface area contributed by atoms with Crippen LogP contribution in [0.5, 0.6) is 0 Å². The molecule has 0 spiro atoms. The Morgan fingerprint density at radius 3 is 2.71 bits per heavy atom. The van der Waals surface area contributed by atoms with Crippen molar-refractivity contribution in [3.8, 4) is 0 Å². The number of fused-ring (bicyclic) bond motifs is 1. The maximum absolute atomic E-state index is 12.1. The first kappa shape index (κ1) is 12.8. The topological polar surface area (TPSA) is 66.6 Å². The molecule has 3 N–H and O–H groups in total. The van der Waals surface area contributed by atoms with E-state index < -0.39 is 0 Å². The average Bonchev–Trinajstić information content (AvgIpc) is 2.81. The van der Waals surface area contributed by atoms with E-state index in [0.717, 1.165) is 25.9 Å². The van der Waals surface area contributed by atoms with E-state index in [1.165, 1.54) is 0 Å². The third kappa shape index (κ3) is 2.63. The zero-order valence-electron chi connectivity index (χ0n) is 10.8. The van der Waals surface area contributed by atoms with Gasteiger partial charge in [0.05, 0.1) is 6.10 Å². The van der Waals surface area contributed by atoms with Gasteiger partial charge >= 0.3 is 0 Å². The molecule has 17 heavy (non-hydrogen) atoms. The van der Waals surface area contributed by atoms with Crippen LogP contribution in [0.15, 0.2) is 0 Å². The predicted octanol–water partition coefficient (Wildman–Crippen LogP) is 0.589. The van der Waals surface area contributed by atoms with Gasteiger partial charge in [-0.2, -0.15) is 0 Å². The fraction of sp³-hybridized carbons (Fsp3) is 0.923. The summed E-state index contributed by atoms with van der Waals surface area (Å²) in [5.41, 5.74) is 5.93. The van der Waals surface area contributed by atoms with Gasteiger partial charge in [0.1, 0.15) is 0 Å². The number of rotatable bonds is 3. The van der Waals surface area contributed by atoms with Gasteiger partial charge in [-0.3, -0.25) is 4.79 Å². The van der Waals surface area contributed by atoms with Crippen LogP contribution in [0.1, 0.15) is 33.1 Å². The van der Waals surface area contributed by atoms with Crippen LogP contribution in [0.4, 0.5) is 0 Å². The zero-order chi connectivity index (χ0) is 12.6. The molecule has 0 aromatic heterocycles. The van der Waals surface area contributed by atoms with Crippen LogP contribution in [-0.2, 0) is 4.79 Å². The van der Waals surface area contributed by atoms with Gasteiger partial charge in [0, 0.05) is 31.5 Å². The van der Waals surface area contributed by atoms with E-state index in [1.54, 1.807) is 0 Å². The van der Waals surface area contributed by atoms with Gasteiger partial charge in [0.2, 0.25) is 5.91 Å². The monoisotopic (exact) mass is 240 g/mol. The van der Waals surface area contributed by atoms with Gasteiger partial charge in [-0.25, -0.2) is 0 Å². The Balaban J connectivity index is 1.86. The van der Waals surface area contributed by atoms with Crippen LogP contribution in [-0.4, -0.2) is 41.1 Å². The lowest BCUT2D eigenvalue weighted by molar-refractivity contribution is -0.131. The molecule has 4 atom stereocenters. The van der Waals surface area contributed by atoms with Crippen LogP contribution in [0.25, 0.3) is 0 Å². The summed E-state index contributed by atoms with van der Waals surface area (Å²) in [6.07, 6.45) is 2.21. The lowest BCUT2D eigenvalue weighted by atomic mass is 10.00. The molecule has 2 rings (SSSR count). The molecule has 1 saturated heterocycles. The number of carbonyl (C=O) groups excluding carboxylic acids is 1. The molecule has 4 unspecified atom stereocenters. The molecule has 4 heteroatoms. The third-order valence-corrected chi connectivity index (χ3v) is 4.44. The molecule has 2 fully saturated rings. The second kappa shape index (κ2) is 4.94. The molecule has 0 aromatic rings. The van der Waals surface area contributed by atoms with Gasteiger partial charge in [0.15, 0.2) is 0 Å². The highest BCUT2D eigenvalue weighted by Crippen LogP contribution is 2.38. The SMILES string of the molecule is CC(C)C(N)CC(=O)N1CC2CCC(O)C2C1. The number of amides is 1. The molecular weight excluding hydrogens is 216 g/mol. The van der Waals surface area contributed by atoms with Crippen molar-refractivity contribution < 1.29 is 9.90 Å². The second-order valence-corrected chi connectivity index (χ2v) is 5.98. The molecule has 1 aliphatic heterocycles. The summed E-state index contributed by atoms with van der Waals surface area (Å²) in [4.78, 5) is 14.0. The Morgan fingerprint density at radius 1 is 1.41 bits per heavy atom. The van der Waals surface area contributed by atoms with Gasteiger partial charge in [-0.15, -0.1) is 0 Å². The number of nitrogens with zero attached hydrogens (tertiary/aromatic N) is 1. The molecule has 1 aliphatic carbocycles. The molecule has 4 nitrogen and oxygen atoms in total. The first-order valence-corrected chi connectivity index (χ1v) is 6.70. The Morgan fingerprint density at radius 2 is 2.12 bits per heavy atom. The van der Waals surface area contributed by atoms with E-state index in [-0.39, 0.29) is 18.1 Å². The van der Waals surface area contributed by atoms with E-state index in [1.807, 2.05) is 18.7 Å². The van der Waals surface area contributed by atoms with E-state index in [0.29, 0.717) is 24.2 Å². The Bertz CT molecular complexity index is 293. The second-order valence-electron chi connectivity index (χ2n) is 5.98. The quantitative estimate of drug-likeness (QED) is 0.758. The molecule has 0 aromatic carbocycles. The first-order valence-electron chi connectivity index (χ1n) is 6.70. The van der Waals surface area contributed by atoms with Crippen molar-refractivity contribution in [1.29, 1.82) is 0 Å². The fourth-order valence-electron chi connectivity index (χ4n) is 3.01. The zero-order valence-corrected chi connectivity index (χ0v) is 10.8. The minimum Gasteiger partial charge on any atom is -0.393 e. The van der Waals surface area contributed by atoms with E-state index in [9.17, 15) is 9.90 Å². The first-order chi connectivity index (χ1) is 7.99. The molecular formula is C13H24N2O2. The highest BCUT2D eigenvalue weighted by Gasteiger charge is 2.43. The maximum Gasteiger partial charge on any atom is 0.224 e. The molecule has 1 heterocycles. The number of hydrogen-bond acceptors (Lipinski definition) is 3. The summed E-state index contributed by atoms with van der Waals surface area (Å²) >= 11 is 0. The third-order valence-electron chi connectivity index (χ3n) is 4.44. The van der Waals surface area contributed by atoms with Gasteiger partial charge in [-0.1, -0.05) is 13.8 Å². The van der Waals surface area contributed by atoms with Crippen molar-refractivity contribution in [2.45, 2.75) is 45.3 Å². The lowest BCUT2D eigenvalue weighted by Gasteiger charge is -2.22. The average molecular weight is 240 g/mol. The predicted molar refractivity (Wildman–Crippen MR) is 66.2 cm³/mol. The number of hydrogen-bond donors (Lipinski definition) is 2. The molecule has 98 valence electrons. The summed E-state index contributed by atoms with van der Waals surface area (Å²) < 4.78 is 0. The number of aliphatic hydroxyl groups excluding tert-OH is 1. The van der Waals surface area contributed by atoms with Gasteiger partial charge < -0.3 is 15.7 Å². The van der Waals surface area contributed by atoms with Crippen molar-refractivity contribution in [3.05, 3.63) is 0 Å².